The minimum absolute atomic E-state index is 0.282. The maximum atomic E-state index is 9.71. The van der Waals surface area contributed by atoms with Gasteiger partial charge in [-0.1, -0.05) is 6.92 Å². The van der Waals surface area contributed by atoms with E-state index in [1.807, 2.05) is 0 Å². The van der Waals surface area contributed by atoms with Crippen LogP contribution < -0.4 is 5.32 Å². The second kappa shape index (κ2) is 6.69. The monoisotopic (exact) mass is 265 g/mol. The highest BCUT2D eigenvalue weighted by Crippen LogP contribution is 2.40. The van der Waals surface area contributed by atoms with Crippen LogP contribution in [0.4, 0.5) is 0 Å². The average Bonchev–Trinajstić information content (AvgIpc) is 3.23. The van der Waals surface area contributed by atoms with Crippen molar-refractivity contribution in [3.63, 3.8) is 0 Å². The Labute approximate surface area is 117 Å². The predicted molar refractivity (Wildman–Crippen MR) is 75.8 cm³/mol. The highest BCUT2D eigenvalue weighted by Gasteiger charge is 2.46. The van der Waals surface area contributed by atoms with E-state index in [1.165, 1.54) is 12.8 Å². The summed E-state index contributed by atoms with van der Waals surface area (Å²) >= 11 is 0. The third kappa shape index (κ3) is 3.92. The third-order valence-corrected chi connectivity index (χ3v) is 4.17. The van der Waals surface area contributed by atoms with E-state index in [0.717, 1.165) is 45.6 Å². The molecular weight excluding hydrogens is 238 g/mol. The van der Waals surface area contributed by atoms with E-state index in [-0.39, 0.29) is 11.6 Å². The number of nitrogens with one attached hydrogen (secondary N) is 1. The Morgan fingerprint density at radius 3 is 2.89 bits per heavy atom. The molecule has 1 N–H and O–H groups in total. The molecule has 2 unspecified atom stereocenters. The van der Waals surface area contributed by atoms with E-state index in [1.54, 1.807) is 0 Å². The van der Waals surface area contributed by atoms with Crippen LogP contribution in [0.15, 0.2) is 0 Å². The van der Waals surface area contributed by atoms with Gasteiger partial charge in [0.2, 0.25) is 0 Å². The van der Waals surface area contributed by atoms with Crippen LogP contribution in [0.25, 0.3) is 0 Å². The van der Waals surface area contributed by atoms with E-state index in [9.17, 15) is 5.26 Å². The van der Waals surface area contributed by atoms with Crippen LogP contribution in [-0.4, -0.2) is 49.3 Å². The van der Waals surface area contributed by atoms with Gasteiger partial charge in [-0.05, 0) is 45.1 Å². The van der Waals surface area contributed by atoms with E-state index >= 15 is 0 Å². The summed E-state index contributed by atoms with van der Waals surface area (Å²) in [6.07, 6.45) is 4.83. The molecule has 0 aromatic carbocycles. The molecule has 0 aromatic heterocycles. The molecule has 4 nitrogen and oxygen atoms in total. The lowest BCUT2D eigenvalue weighted by Crippen LogP contribution is -2.55. The Kier molecular flexibility index (Phi) is 5.20. The van der Waals surface area contributed by atoms with Gasteiger partial charge in [-0.15, -0.1) is 0 Å². The Morgan fingerprint density at radius 2 is 2.26 bits per heavy atom. The molecule has 2 rings (SSSR count). The SMILES string of the molecule is CCCNC(C#N)(CN1CCCOC(C)C1)C1CC1. The van der Waals surface area contributed by atoms with Crippen LogP contribution in [0.1, 0.15) is 39.5 Å². The van der Waals surface area contributed by atoms with Gasteiger partial charge in [-0.3, -0.25) is 10.2 Å². The molecule has 0 amide bonds. The first kappa shape index (κ1) is 14.8. The Morgan fingerprint density at radius 1 is 1.47 bits per heavy atom. The smallest absolute Gasteiger partial charge is 0.122 e. The molecule has 2 atom stereocenters. The lowest BCUT2D eigenvalue weighted by Gasteiger charge is -2.34. The van der Waals surface area contributed by atoms with Gasteiger partial charge < -0.3 is 4.74 Å². The molecule has 0 bridgehead atoms. The molecule has 19 heavy (non-hydrogen) atoms. The first-order valence-corrected chi connectivity index (χ1v) is 7.70. The summed E-state index contributed by atoms with van der Waals surface area (Å²) in [5.74, 6) is 0.545. The molecule has 1 heterocycles. The van der Waals surface area contributed by atoms with Gasteiger partial charge in [0.15, 0.2) is 0 Å². The van der Waals surface area contributed by atoms with Crippen molar-refractivity contribution in [2.45, 2.75) is 51.2 Å². The van der Waals surface area contributed by atoms with E-state index in [4.69, 9.17) is 4.74 Å². The van der Waals surface area contributed by atoms with Crippen LogP contribution in [0.5, 0.6) is 0 Å². The molecule has 1 saturated carbocycles. The average molecular weight is 265 g/mol. The fourth-order valence-corrected chi connectivity index (χ4v) is 3.00. The number of nitrogens with zero attached hydrogens (tertiary/aromatic N) is 2. The second-order valence-corrected chi connectivity index (χ2v) is 6.05. The molecule has 2 fully saturated rings. The number of rotatable bonds is 6. The van der Waals surface area contributed by atoms with Crippen LogP contribution in [0.2, 0.25) is 0 Å². The standard InChI is InChI=1S/C15H27N3O/c1-3-7-17-15(11-16,14-5-6-14)12-18-8-4-9-19-13(2)10-18/h13-14,17H,3-10,12H2,1-2H3. The topological polar surface area (TPSA) is 48.3 Å². The Hall–Kier alpha value is -0.630. The van der Waals surface area contributed by atoms with Crippen LogP contribution in [0, 0.1) is 17.2 Å². The zero-order valence-corrected chi connectivity index (χ0v) is 12.3. The molecule has 1 aliphatic carbocycles. The maximum absolute atomic E-state index is 9.71. The van der Waals surface area contributed by atoms with E-state index in [0.29, 0.717) is 5.92 Å². The first-order valence-electron chi connectivity index (χ1n) is 7.70. The molecule has 2 aliphatic rings. The van der Waals surface area contributed by atoms with Crippen LogP contribution in [-0.2, 0) is 4.74 Å². The zero-order chi connectivity index (χ0) is 13.7. The van der Waals surface area contributed by atoms with Crippen molar-refractivity contribution in [3.05, 3.63) is 0 Å². The molecule has 4 heteroatoms. The lowest BCUT2D eigenvalue weighted by molar-refractivity contribution is 0.0639. The Balaban J connectivity index is 2.00. The Bertz CT molecular complexity index is 324. The molecule has 0 aromatic rings. The van der Waals surface area contributed by atoms with Gasteiger partial charge in [-0.2, -0.15) is 5.26 Å². The highest BCUT2D eigenvalue weighted by atomic mass is 16.5. The summed E-state index contributed by atoms with van der Waals surface area (Å²) < 4.78 is 5.69. The van der Waals surface area contributed by atoms with Crippen molar-refractivity contribution in [1.82, 2.24) is 10.2 Å². The number of hydrogen-bond donors (Lipinski definition) is 1. The van der Waals surface area contributed by atoms with Gasteiger partial charge in [-0.25, -0.2) is 0 Å². The van der Waals surface area contributed by atoms with Gasteiger partial charge in [0, 0.05) is 26.2 Å². The van der Waals surface area contributed by atoms with Gasteiger partial charge in [0.25, 0.3) is 0 Å². The van der Waals surface area contributed by atoms with Crippen LogP contribution in [0.3, 0.4) is 0 Å². The lowest BCUT2D eigenvalue weighted by atomic mass is 9.93. The minimum atomic E-state index is -0.333. The van der Waals surface area contributed by atoms with Crippen molar-refractivity contribution in [2.24, 2.45) is 5.92 Å². The summed E-state index contributed by atoms with van der Waals surface area (Å²) in [6.45, 7) is 8.92. The predicted octanol–water partition coefficient (Wildman–Crippen LogP) is 1.77. The van der Waals surface area contributed by atoms with Gasteiger partial charge in [0.1, 0.15) is 5.54 Å². The van der Waals surface area contributed by atoms with Gasteiger partial charge >= 0.3 is 0 Å². The first-order chi connectivity index (χ1) is 9.20. The summed E-state index contributed by atoms with van der Waals surface area (Å²) in [7, 11) is 0. The summed E-state index contributed by atoms with van der Waals surface area (Å²) in [5, 5.41) is 13.2. The largest absolute Gasteiger partial charge is 0.377 e. The van der Waals surface area contributed by atoms with E-state index in [2.05, 4.69) is 30.1 Å². The molecule has 1 aliphatic heterocycles. The maximum Gasteiger partial charge on any atom is 0.122 e. The third-order valence-electron chi connectivity index (χ3n) is 4.17. The summed E-state index contributed by atoms with van der Waals surface area (Å²) in [5.41, 5.74) is -0.333. The molecule has 108 valence electrons. The van der Waals surface area contributed by atoms with Crippen molar-refractivity contribution in [3.8, 4) is 6.07 Å². The number of nitriles is 1. The second-order valence-electron chi connectivity index (χ2n) is 6.05. The van der Waals surface area contributed by atoms with Gasteiger partial charge in [0.05, 0.1) is 12.2 Å². The summed E-state index contributed by atoms with van der Waals surface area (Å²) in [4.78, 5) is 2.42. The number of ether oxygens (including phenoxy) is 1. The van der Waals surface area contributed by atoms with Crippen LogP contribution >= 0.6 is 0 Å². The molecule has 0 spiro atoms. The number of hydrogen-bond acceptors (Lipinski definition) is 4. The molecule has 1 saturated heterocycles. The fourth-order valence-electron chi connectivity index (χ4n) is 3.00. The summed E-state index contributed by atoms with van der Waals surface area (Å²) in [6, 6.07) is 2.60. The highest BCUT2D eigenvalue weighted by molar-refractivity contribution is 5.16. The fraction of sp³-hybridized carbons (Fsp3) is 0.933. The van der Waals surface area contributed by atoms with Crippen molar-refractivity contribution in [1.29, 1.82) is 5.26 Å². The van der Waals surface area contributed by atoms with Crippen molar-refractivity contribution < 1.29 is 4.74 Å². The van der Waals surface area contributed by atoms with E-state index < -0.39 is 0 Å². The van der Waals surface area contributed by atoms with Crippen molar-refractivity contribution in [2.75, 3.05) is 32.8 Å². The minimum Gasteiger partial charge on any atom is -0.377 e. The molecular formula is C15H27N3O. The normalized spacial score (nSPS) is 28.4. The quantitative estimate of drug-likeness (QED) is 0.795. The van der Waals surface area contributed by atoms with Crippen molar-refractivity contribution >= 4 is 0 Å². The molecule has 0 radical (unpaired) electrons. The zero-order valence-electron chi connectivity index (χ0n) is 12.3.